The molecule has 3 rings (SSSR count). The topological polar surface area (TPSA) is 90.7 Å². The zero-order valence-electron chi connectivity index (χ0n) is 18.0. The fourth-order valence-corrected chi connectivity index (χ4v) is 6.13. The van der Waals surface area contributed by atoms with Crippen molar-refractivity contribution in [3.05, 3.63) is 39.2 Å². The summed E-state index contributed by atoms with van der Waals surface area (Å²) in [5, 5.41) is 4.00. The van der Waals surface area contributed by atoms with Crippen molar-refractivity contribution in [2.24, 2.45) is 0 Å². The monoisotopic (exact) mass is 450 g/mol. The molecule has 2 heterocycles. The summed E-state index contributed by atoms with van der Waals surface area (Å²) in [6.07, 6.45) is 0. The van der Waals surface area contributed by atoms with Gasteiger partial charge in [-0.1, -0.05) is 5.16 Å². The number of aryl methyl sites for hydroxylation is 3. The van der Waals surface area contributed by atoms with E-state index < -0.39 is 10.0 Å². The maximum absolute atomic E-state index is 13.5. The number of nitrogens with one attached hydrogen (secondary N) is 1. The number of sulfonamides is 1. The first-order valence-electron chi connectivity index (χ1n) is 9.65. The lowest BCUT2D eigenvalue weighted by Gasteiger charge is -2.15. The molecule has 0 saturated carbocycles. The van der Waals surface area contributed by atoms with Gasteiger partial charge in [0.15, 0.2) is 5.76 Å². The second-order valence-electron chi connectivity index (χ2n) is 6.77. The first kappa shape index (κ1) is 22.2. The van der Waals surface area contributed by atoms with Crippen LogP contribution in [0.4, 0.5) is 5.69 Å². The van der Waals surface area contributed by atoms with Crippen molar-refractivity contribution >= 4 is 27.0 Å². The quantitative estimate of drug-likeness (QED) is 0.505. The van der Waals surface area contributed by atoms with Crippen LogP contribution >= 0.6 is 11.3 Å². The average Bonchev–Trinajstić information content (AvgIpc) is 3.15. The lowest BCUT2D eigenvalue weighted by atomic mass is 10.1. The second-order valence-corrected chi connectivity index (χ2v) is 9.82. The minimum atomic E-state index is -3.94. The maximum Gasteiger partial charge on any atom is 0.263 e. The van der Waals surface area contributed by atoms with Crippen LogP contribution < -0.4 is 14.2 Å². The molecule has 162 valence electrons. The molecule has 1 aromatic carbocycles. The van der Waals surface area contributed by atoms with Crippen LogP contribution in [0.2, 0.25) is 0 Å². The Hall–Kier alpha value is -2.52. The molecule has 30 heavy (non-hydrogen) atoms. The van der Waals surface area contributed by atoms with Crippen LogP contribution in [0.1, 0.15) is 34.9 Å². The Labute approximate surface area is 181 Å². The van der Waals surface area contributed by atoms with E-state index in [0.717, 1.165) is 16.1 Å². The Morgan fingerprint density at radius 2 is 1.77 bits per heavy atom. The smallest absolute Gasteiger partial charge is 0.263 e. The van der Waals surface area contributed by atoms with Gasteiger partial charge in [0, 0.05) is 21.4 Å². The number of ether oxygens (including phenoxy) is 2. The summed E-state index contributed by atoms with van der Waals surface area (Å²) in [5.41, 5.74) is 2.41. The number of thiophene rings is 1. The molecule has 2 aromatic heterocycles. The molecular weight excluding hydrogens is 424 g/mol. The molecule has 0 fully saturated rings. The van der Waals surface area contributed by atoms with Gasteiger partial charge in [-0.25, -0.2) is 8.42 Å². The van der Waals surface area contributed by atoms with E-state index in [4.69, 9.17) is 14.0 Å². The minimum absolute atomic E-state index is 0.188. The summed E-state index contributed by atoms with van der Waals surface area (Å²) in [6, 6.07) is 5.07. The van der Waals surface area contributed by atoms with E-state index in [9.17, 15) is 8.42 Å². The lowest BCUT2D eigenvalue weighted by molar-refractivity contribution is 0.332. The number of anilines is 1. The van der Waals surface area contributed by atoms with Crippen LogP contribution in [0.3, 0.4) is 0 Å². The van der Waals surface area contributed by atoms with Crippen LogP contribution in [0, 0.1) is 27.7 Å². The van der Waals surface area contributed by atoms with E-state index in [1.54, 1.807) is 25.1 Å². The molecule has 0 unspecified atom stereocenters. The van der Waals surface area contributed by atoms with Crippen molar-refractivity contribution < 1.29 is 22.4 Å². The van der Waals surface area contributed by atoms with E-state index >= 15 is 0 Å². The minimum Gasteiger partial charge on any atom is -0.494 e. The highest BCUT2D eigenvalue weighted by Crippen LogP contribution is 2.42. The highest BCUT2D eigenvalue weighted by molar-refractivity contribution is 7.93. The number of nitrogens with zero attached hydrogens (tertiary/aromatic N) is 1. The molecule has 0 aliphatic heterocycles. The molecule has 0 saturated heterocycles. The third-order valence-electron chi connectivity index (χ3n) is 4.66. The Bertz CT molecular complexity index is 1160. The van der Waals surface area contributed by atoms with Gasteiger partial charge in [-0.05, 0) is 53.7 Å². The van der Waals surface area contributed by atoms with Crippen molar-refractivity contribution in [1.82, 2.24) is 5.16 Å². The number of hydrogen-bond donors (Lipinski definition) is 1. The van der Waals surface area contributed by atoms with Crippen LogP contribution in [0.5, 0.6) is 11.5 Å². The third kappa shape index (κ3) is 4.17. The van der Waals surface area contributed by atoms with E-state index in [0.29, 0.717) is 46.6 Å². The highest BCUT2D eigenvalue weighted by Gasteiger charge is 2.30. The van der Waals surface area contributed by atoms with Crippen LogP contribution in [-0.2, 0) is 10.0 Å². The van der Waals surface area contributed by atoms with E-state index in [1.807, 2.05) is 34.6 Å². The van der Waals surface area contributed by atoms with Gasteiger partial charge in [-0.2, -0.15) is 0 Å². The fourth-order valence-electron chi connectivity index (χ4n) is 3.22. The van der Waals surface area contributed by atoms with Gasteiger partial charge in [-0.3, -0.25) is 4.72 Å². The van der Waals surface area contributed by atoms with Crippen molar-refractivity contribution in [2.75, 3.05) is 17.9 Å². The predicted octanol–water partition coefficient (Wildman–Crippen LogP) is 5.23. The Morgan fingerprint density at radius 3 is 2.37 bits per heavy atom. The zero-order valence-corrected chi connectivity index (χ0v) is 19.6. The second kappa shape index (κ2) is 8.69. The maximum atomic E-state index is 13.5. The SMILES string of the molecule is CCOc1ccc(OCC)c(NS(=O)(=O)c2c(C)sc(C)c2-c2onc(C)c2C)c1. The summed E-state index contributed by atoms with van der Waals surface area (Å²) < 4.78 is 46.3. The Morgan fingerprint density at radius 1 is 1.07 bits per heavy atom. The molecule has 0 amide bonds. The highest BCUT2D eigenvalue weighted by atomic mass is 32.2. The summed E-state index contributed by atoms with van der Waals surface area (Å²) in [6.45, 7) is 11.9. The van der Waals surface area contributed by atoms with Gasteiger partial charge >= 0.3 is 0 Å². The molecule has 3 aromatic rings. The van der Waals surface area contributed by atoms with Gasteiger partial charge in [0.1, 0.15) is 16.4 Å². The summed E-state index contributed by atoms with van der Waals surface area (Å²) in [7, 11) is -3.94. The summed E-state index contributed by atoms with van der Waals surface area (Å²) >= 11 is 1.41. The number of rotatable bonds is 8. The number of benzene rings is 1. The fraction of sp³-hybridized carbons (Fsp3) is 0.381. The van der Waals surface area contributed by atoms with E-state index in [1.165, 1.54) is 11.3 Å². The van der Waals surface area contributed by atoms with Crippen molar-refractivity contribution in [1.29, 1.82) is 0 Å². The summed E-state index contributed by atoms with van der Waals surface area (Å²) in [4.78, 5) is 1.70. The first-order chi connectivity index (χ1) is 14.2. The summed E-state index contributed by atoms with van der Waals surface area (Å²) in [5.74, 6) is 1.46. The molecule has 1 N–H and O–H groups in total. The average molecular weight is 451 g/mol. The van der Waals surface area contributed by atoms with Crippen molar-refractivity contribution in [3.8, 4) is 22.8 Å². The van der Waals surface area contributed by atoms with Crippen molar-refractivity contribution in [3.63, 3.8) is 0 Å². The zero-order chi connectivity index (χ0) is 22.1. The molecule has 7 nitrogen and oxygen atoms in total. The molecule has 0 aliphatic rings. The normalized spacial score (nSPS) is 11.5. The Balaban J connectivity index is 2.12. The molecule has 0 atom stereocenters. The molecule has 0 aliphatic carbocycles. The molecule has 9 heteroatoms. The number of aromatic nitrogens is 1. The standard InChI is InChI=1S/C21H26N2O5S2/c1-7-26-16-9-10-18(27-8-2)17(11-16)23-30(24,25)21-15(6)29-14(5)19(21)20-12(3)13(4)22-28-20/h9-11,23H,7-8H2,1-6H3. The van der Waals surface area contributed by atoms with Gasteiger partial charge in [0.05, 0.1) is 30.2 Å². The molecule has 0 radical (unpaired) electrons. The molecule has 0 spiro atoms. The largest absolute Gasteiger partial charge is 0.494 e. The third-order valence-corrected chi connectivity index (χ3v) is 7.35. The molecular formula is C21H26N2O5S2. The van der Waals surface area contributed by atoms with Gasteiger partial charge < -0.3 is 14.0 Å². The van der Waals surface area contributed by atoms with Crippen LogP contribution in [0.15, 0.2) is 27.6 Å². The van der Waals surface area contributed by atoms with E-state index in [2.05, 4.69) is 9.88 Å². The Kier molecular flexibility index (Phi) is 6.42. The van der Waals surface area contributed by atoms with E-state index in [-0.39, 0.29) is 4.90 Å². The van der Waals surface area contributed by atoms with Crippen molar-refractivity contribution in [2.45, 2.75) is 46.4 Å². The lowest BCUT2D eigenvalue weighted by Crippen LogP contribution is -2.15. The first-order valence-corrected chi connectivity index (χ1v) is 11.9. The number of hydrogen-bond acceptors (Lipinski definition) is 7. The molecule has 0 bridgehead atoms. The van der Waals surface area contributed by atoms with Gasteiger partial charge in [-0.15, -0.1) is 11.3 Å². The van der Waals surface area contributed by atoms with Gasteiger partial charge in [0.2, 0.25) is 0 Å². The van der Waals surface area contributed by atoms with Crippen LogP contribution in [-0.4, -0.2) is 26.8 Å². The van der Waals surface area contributed by atoms with Crippen LogP contribution in [0.25, 0.3) is 11.3 Å². The van der Waals surface area contributed by atoms with Gasteiger partial charge in [0.25, 0.3) is 10.0 Å². The predicted molar refractivity (Wildman–Crippen MR) is 118 cm³/mol.